The molecule has 1 N–H and O–H groups in total. The van der Waals surface area contributed by atoms with Gasteiger partial charge in [0.05, 0.1) is 9.89 Å². The molecule has 1 atom stereocenters. The van der Waals surface area contributed by atoms with Gasteiger partial charge in [-0.25, -0.2) is 13.1 Å². The van der Waals surface area contributed by atoms with Crippen molar-refractivity contribution in [2.75, 3.05) is 13.7 Å². The largest absolute Gasteiger partial charge is 0.380 e. The van der Waals surface area contributed by atoms with E-state index in [1.807, 2.05) is 0 Å². The zero-order valence-electron chi connectivity index (χ0n) is 8.36. The van der Waals surface area contributed by atoms with Crippen LogP contribution in [0.5, 0.6) is 0 Å². The van der Waals surface area contributed by atoms with Crippen molar-refractivity contribution in [1.29, 1.82) is 0 Å². The molecular formula is C8H12BrNO3S2. The van der Waals surface area contributed by atoms with Gasteiger partial charge in [0.1, 0.15) is 4.21 Å². The number of halogens is 1. The molecule has 1 aromatic heterocycles. The Balaban J connectivity index is 2.68. The Morgan fingerprint density at radius 1 is 1.60 bits per heavy atom. The molecule has 7 heteroatoms. The molecule has 1 rings (SSSR count). The fourth-order valence-corrected chi connectivity index (χ4v) is 3.99. The second kappa shape index (κ2) is 5.40. The van der Waals surface area contributed by atoms with Crippen LogP contribution in [-0.4, -0.2) is 28.2 Å². The van der Waals surface area contributed by atoms with Gasteiger partial charge in [-0.2, -0.15) is 0 Å². The third-order valence-electron chi connectivity index (χ3n) is 1.78. The smallest absolute Gasteiger partial charge is 0.250 e. The quantitative estimate of drug-likeness (QED) is 0.902. The number of hydrogen-bond donors (Lipinski definition) is 1. The SMILES string of the molecule is COC(C)CNS(=O)(=O)c1ccc(Br)s1. The lowest BCUT2D eigenvalue weighted by atomic mass is 10.4. The molecule has 1 unspecified atom stereocenters. The highest BCUT2D eigenvalue weighted by molar-refractivity contribution is 9.11. The summed E-state index contributed by atoms with van der Waals surface area (Å²) in [6.07, 6.45) is -0.136. The average Bonchev–Trinajstić information content (AvgIpc) is 2.62. The van der Waals surface area contributed by atoms with Crippen LogP contribution >= 0.6 is 27.3 Å². The summed E-state index contributed by atoms with van der Waals surface area (Å²) in [6.45, 7) is 2.07. The van der Waals surface area contributed by atoms with Crippen molar-refractivity contribution in [3.63, 3.8) is 0 Å². The third-order valence-corrected chi connectivity index (χ3v) is 5.32. The molecule has 4 nitrogen and oxygen atoms in total. The van der Waals surface area contributed by atoms with E-state index in [0.717, 1.165) is 3.79 Å². The van der Waals surface area contributed by atoms with Crippen LogP contribution in [0.15, 0.2) is 20.1 Å². The lowest BCUT2D eigenvalue weighted by Gasteiger charge is -2.09. The molecule has 0 saturated heterocycles. The first-order chi connectivity index (χ1) is 6.95. The molecule has 0 aliphatic rings. The van der Waals surface area contributed by atoms with Crippen LogP contribution in [0.4, 0.5) is 0 Å². The maximum Gasteiger partial charge on any atom is 0.250 e. The van der Waals surface area contributed by atoms with E-state index in [0.29, 0.717) is 4.21 Å². The van der Waals surface area contributed by atoms with E-state index in [1.54, 1.807) is 26.2 Å². The van der Waals surface area contributed by atoms with E-state index < -0.39 is 10.0 Å². The lowest BCUT2D eigenvalue weighted by molar-refractivity contribution is 0.122. The summed E-state index contributed by atoms with van der Waals surface area (Å²) in [5, 5.41) is 0. The molecule has 1 heterocycles. The Morgan fingerprint density at radius 2 is 2.27 bits per heavy atom. The van der Waals surface area contributed by atoms with Gasteiger partial charge in [-0.05, 0) is 35.0 Å². The molecule has 0 radical (unpaired) electrons. The molecular weight excluding hydrogens is 302 g/mol. The summed E-state index contributed by atoms with van der Waals surface area (Å²) in [7, 11) is -1.84. The van der Waals surface area contributed by atoms with Gasteiger partial charge in [-0.15, -0.1) is 11.3 Å². The van der Waals surface area contributed by atoms with Gasteiger partial charge in [0.2, 0.25) is 10.0 Å². The molecule has 86 valence electrons. The second-order valence-corrected chi connectivity index (χ2v) is 7.41. The first kappa shape index (κ1) is 13.1. The van der Waals surface area contributed by atoms with E-state index in [-0.39, 0.29) is 12.6 Å². The summed E-state index contributed by atoms with van der Waals surface area (Å²) in [6, 6.07) is 3.27. The average molecular weight is 314 g/mol. The highest BCUT2D eigenvalue weighted by atomic mass is 79.9. The van der Waals surface area contributed by atoms with E-state index >= 15 is 0 Å². The molecule has 0 spiro atoms. The Morgan fingerprint density at radius 3 is 2.73 bits per heavy atom. The molecule has 0 amide bonds. The maximum atomic E-state index is 11.7. The van der Waals surface area contributed by atoms with Crippen LogP contribution in [0.3, 0.4) is 0 Å². The van der Waals surface area contributed by atoms with E-state index in [4.69, 9.17) is 4.74 Å². The number of methoxy groups -OCH3 is 1. The minimum Gasteiger partial charge on any atom is -0.380 e. The molecule has 1 aromatic rings. The lowest BCUT2D eigenvalue weighted by Crippen LogP contribution is -2.31. The normalized spacial score (nSPS) is 14.1. The summed E-state index contributed by atoms with van der Waals surface area (Å²) in [5.74, 6) is 0. The number of hydrogen-bond acceptors (Lipinski definition) is 4. The van der Waals surface area contributed by atoms with Gasteiger partial charge >= 0.3 is 0 Å². The number of ether oxygens (including phenoxy) is 1. The van der Waals surface area contributed by atoms with E-state index in [9.17, 15) is 8.42 Å². The first-order valence-corrected chi connectivity index (χ1v) is 7.33. The summed E-state index contributed by atoms with van der Waals surface area (Å²) >= 11 is 4.40. The molecule has 0 aliphatic heterocycles. The molecule has 0 saturated carbocycles. The van der Waals surface area contributed by atoms with Gasteiger partial charge < -0.3 is 4.74 Å². The second-order valence-electron chi connectivity index (χ2n) is 2.96. The highest BCUT2D eigenvalue weighted by Crippen LogP contribution is 2.25. The fraction of sp³-hybridized carbons (Fsp3) is 0.500. The van der Waals surface area contributed by atoms with Crippen molar-refractivity contribution in [2.45, 2.75) is 17.2 Å². The standard InChI is InChI=1S/C8H12BrNO3S2/c1-6(13-2)5-10-15(11,12)8-4-3-7(9)14-8/h3-4,6,10H,5H2,1-2H3. The van der Waals surface area contributed by atoms with Crippen molar-refractivity contribution in [2.24, 2.45) is 0 Å². The van der Waals surface area contributed by atoms with Gasteiger partial charge in [-0.1, -0.05) is 0 Å². The molecule has 0 bridgehead atoms. The van der Waals surface area contributed by atoms with Gasteiger partial charge in [0, 0.05) is 13.7 Å². The summed E-state index contributed by atoms with van der Waals surface area (Å²) < 4.78 is 31.9. The van der Waals surface area contributed by atoms with Crippen molar-refractivity contribution >= 4 is 37.3 Å². The fourth-order valence-electron chi connectivity index (χ4n) is 0.824. The van der Waals surface area contributed by atoms with Crippen molar-refractivity contribution in [3.05, 3.63) is 15.9 Å². The first-order valence-electron chi connectivity index (χ1n) is 4.23. The Hall–Kier alpha value is 0.0500. The zero-order chi connectivity index (χ0) is 11.5. The topological polar surface area (TPSA) is 55.4 Å². The predicted molar refractivity (Wildman–Crippen MR) is 63.7 cm³/mol. The maximum absolute atomic E-state index is 11.7. The van der Waals surface area contributed by atoms with Crippen LogP contribution in [0.2, 0.25) is 0 Å². The van der Waals surface area contributed by atoms with Crippen LogP contribution in [0.1, 0.15) is 6.92 Å². The predicted octanol–water partition coefficient (Wildman–Crippen LogP) is 1.82. The molecule has 15 heavy (non-hydrogen) atoms. The number of rotatable bonds is 5. The van der Waals surface area contributed by atoms with Gasteiger partial charge in [0.25, 0.3) is 0 Å². The molecule has 0 aromatic carbocycles. The molecule has 0 aliphatic carbocycles. The zero-order valence-corrected chi connectivity index (χ0v) is 11.6. The summed E-state index contributed by atoms with van der Waals surface area (Å²) in [4.78, 5) is 0. The minimum atomic E-state index is -3.39. The Labute approximate surface area is 102 Å². The highest BCUT2D eigenvalue weighted by Gasteiger charge is 2.16. The monoisotopic (exact) mass is 313 g/mol. The van der Waals surface area contributed by atoms with Crippen molar-refractivity contribution in [1.82, 2.24) is 4.72 Å². The third kappa shape index (κ3) is 3.84. The Kier molecular flexibility index (Phi) is 4.72. The number of nitrogens with one attached hydrogen (secondary N) is 1. The van der Waals surface area contributed by atoms with E-state index in [2.05, 4.69) is 20.7 Å². The van der Waals surface area contributed by atoms with Crippen LogP contribution < -0.4 is 4.72 Å². The number of thiophene rings is 1. The van der Waals surface area contributed by atoms with E-state index in [1.165, 1.54) is 11.3 Å². The van der Waals surface area contributed by atoms with Crippen LogP contribution in [0, 0.1) is 0 Å². The minimum absolute atomic E-state index is 0.136. The van der Waals surface area contributed by atoms with Crippen LogP contribution in [0.25, 0.3) is 0 Å². The van der Waals surface area contributed by atoms with Crippen molar-refractivity contribution < 1.29 is 13.2 Å². The summed E-state index contributed by atoms with van der Waals surface area (Å²) in [5.41, 5.74) is 0. The van der Waals surface area contributed by atoms with Crippen molar-refractivity contribution in [3.8, 4) is 0 Å². The number of sulfonamides is 1. The van der Waals surface area contributed by atoms with Gasteiger partial charge in [0.15, 0.2) is 0 Å². The molecule has 0 fully saturated rings. The Bertz CT molecular complexity index is 415. The van der Waals surface area contributed by atoms with Crippen LogP contribution in [-0.2, 0) is 14.8 Å². The van der Waals surface area contributed by atoms with Gasteiger partial charge in [-0.3, -0.25) is 0 Å².